The number of primary amides is 1. The number of rotatable bonds is 5. The molecule has 0 aromatic carbocycles. The van der Waals surface area contributed by atoms with Gasteiger partial charge >= 0.3 is 5.69 Å². The molecule has 25 heavy (non-hydrogen) atoms. The van der Waals surface area contributed by atoms with Gasteiger partial charge in [-0.25, -0.2) is 0 Å². The first-order valence-corrected chi connectivity index (χ1v) is 8.64. The number of nitrogens with zero attached hydrogens (tertiary/aromatic N) is 3. The average Bonchev–Trinajstić information content (AvgIpc) is 3.18. The summed E-state index contributed by atoms with van der Waals surface area (Å²) >= 11 is 1.37. The van der Waals surface area contributed by atoms with E-state index in [2.05, 4.69) is 10.4 Å². The van der Waals surface area contributed by atoms with Gasteiger partial charge in [0.15, 0.2) is 0 Å². The van der Waals surface area contributed by atoms with Crippen LogP contribution in [0.15, 0.2) is 12.4 Å². The highest BCUT2D eigenvalue weighted by Crippen LogP contribution is 2.38. The van der Waals surface area contributed by atoms with Gasteiger partial charge in [0.05, 0.1) is 10.5 Å². The lowest BCUT2D eigenvalue weighted by atomic mass is 9.95. The Morgan fingerprint density at radius 3 is 2.80 bits per heavy atom. The summed E-state index contributed by atoms with van der Waals surface area (Å²) in [5.41, 5.74) is 6.63. The number of carbonyl (C=O) groups is 2. The molecular weight excluding hydrogens is 346 g/mol. The van der Waals surface area contributed by atoms with Crippen LogP contribution in [0.2, 0.25) is 0 Å². The number of aromatic nitrogens is 2. The van der Waals surface area contributed by atoms with Crippen molar-refractivity contribution in [2.45, 2.75) is 38.6 Å². The number of nitrogens with one attached hydrogen (secondary N) is 1. The lowest BCUT2D eigenvalue weighted by Crippen LogP contribution is -2.25. The molecule has 1 aliphatic carbocycles. The average molecular weight is 363 g/mol. The van der Waals surface area contributed by atoms with E-state index in [0.29, 0.717) is 10.6 Å². The second kappa shape index (κ2) is 6.63. The molecular formula is C15H17N5O4S. The minimum atomic E-state index is -0.770. The van der Waals surface area contributed by atoms with Crippen LogP contribution >= 0.6 is 11.3 Å². The van der Waals surface area contributed by atoms with Gasteiger partial charge in [0.1, 0.15) is 23.4 Å². The maximum atomic E-state index is 12.5. The van der Waals surface area contributed by atoms with E-state index in [-0.39, 0.29) is 5.69 Å². The van der Waals surface area contributed by atoms with E-state index in [1.807, 2.05) is 0 Å². The number of carbonyl (C=O) groups excluding carboxylic acids is 2. The van der Waals surface area contributed by atoms with Crippen LogP contribution in [0.25, 0.3) is 0 Å². The van der Waals surface area contributed by atoms with E-state index >= 15 is 0 Å². The van der Waals surface area contributed by atoms with Crippen molar-refractivity contribution in [1.29, 1.82) is 0 Å². The molecule has 132 valence electrons. The first-order chi connectivity index (χ1) is 11.9. The molecule has 3 rings (SSSR count). The highest BCUT2D eigenvalue weighted by molar-refractivity contribution is 7.17. The number of nitro groups is 1. The maximum Gasteiger partial charge on any atom is 0.307 e. The molecule has 0 aliphatic heterocycles. The predicted octanol–water partition coefficient (Wildman–Crippen LogP) is 2.03. The van der Waals surface area contributed by atoms with Crippen molar-refractivity contribution < 1.29 is 14.5 Å². The fraction of sp³-hybridized carbons (Fsp3) is 0.400. The highest BCUT2D eigenvalue weighted by atomic mass is 32.1. The van der Waals surface area contributed by atoms with Crippen LogP contribution in [-0.4, -0.2) is 26.5 Å². The molecule has 1 atom stereocenters. The fourth-order valence-corrected chi connectivity index (χ4v) is 4.18. The molecule has 1 aliphatic rings. The van der Waals surface area contributed by atoms with E-state index in [1.165, 1.54) is 22.2 Å². The Balaban J connectivity index is 1.83. The van der Waals surface area contributed by atoms with Crippen molar-refractivity contribution in [3.8, 4) is 0 Å². The molecule has 0 bridgehead atoms. The van der Waals surface area contributed by atoms with Crippen LogP contribution in [-0.2, 0) is 17.6 Å². The third kappa shape index (κ3) is 3.25. The summed E-state index contributed by atoms with van der Waals surface area (Å²) < 4.78 is 1.21. The summed E-state index contributed by atoms with van der Waals surface area (Å²) in [7, 11) is 0. The first kappa shape index (κ1) is 17.1. The molecule has 3 N–H and O–H groups in total. The SMILES string of the molecule is C[C@@H](C(=O)Nc1sc2c(c1C(N)=O)CCCC2)n1cc([N+](=O)[O-])cn1. The molecule has 0 spiro atoms. The van der Waals surface area contributed by atoms with E-state index in [1.54, 1.807) is 6.92 Å². The molecule has 2 aromatic rings. The van der Waals surface area contributed by atoms with Crippen molar-refractivity contribution in [2.24, 2.45) is 5.73 Å². The predicted molar refractivity (Wildman–Crippen MR) is 91.7 cm³/mol. The zero-order valence-corrected chi connectivity index (χ0v) is 14.3. The summed E-state index contributed by atoms with van der Waals surface area (Å²) in [5, 5.41) is 17.8. The van der Waals surface area contributed by atoms with E-state index < -0.39 is 22.8 Å². The van der Waals surface area contributed by atoms with Crippen molar-refractivity contribution in [3.63, 3.8) is 0 Å². The topological polar surface area (TPSA) is 133 Å². The summed E-state index contributed by atoms with van der Waals surface area (Å²) in [5.74, 6) is -0.976. The molecule has 9 nitrogen and oxygen atoms in total. The normalized spacial score (nSPS) is 14.6. The van der Waals surface area contributed by atoms with E-state index in [9.17, 15) is 19.7 Å². The molecule has 0 fully saturated rings. The summed E-state index contributed by atoms with van der Waals surface area (Å²) in [4.78, 5) is 35.6. The standard InChI is InChI=1S/C15H17N5O4S/c1-8(19-7-9(6-17-19)20(23)24)14(22)18-15-12(13(16)21)10-4-2-3-5-11(10)25-15/h6-8H,2-5H2,1H3,(H2,16,21)(H,18,22)/t8-/m0/s1. The Labute approximate surface area is 147 Å². The van der Waals surface area contributed by atoms with Crippen molar-refractivity contribution in [1.82, 2.24) is 9.78 Å². The Bertz CT molecular complexity index is 856. The van der Waals surface area contributed by atoms with Gasteiger partial charge in [0, 0.05) is 4.88 Å². The zero-order chi connectivity index (χ0) is 18.1. The number of hydrogen-bond acceptors (Lipinski definition) is 6. The number of thiophene rings is 1. The van der Waals surface area contributed by atoms with Gasteiger partial charge < -0.3 is 11.1 Å². The van der Waals surface area contributed by atoms with Gasteiger partial charge in [-0.15, -0.1) is 11.3 Å². The lowest BCUT2D eigenvalue weighted by molar-refractivity contribution is -0.385. The number of anilines is 1. The third-order valence-electron chi connectivity index (χ3n) is 4.23. The molecule has 2 aromatic heterocycles. The fourth-order valence-electron chi connectivity index (χ4n) is 2.89. The van der Waals surface area contributed by atoms with Crippen LogP contribution in [0.4, 0.5) is 10.7 Å². The molecule has 2 amide bonds. The van der Waals surface area contributed by atoms with Crippen LogP contribution in [0.5, 0.6) is 0 Å². The molecule has 2 heterocycles. The summed E-state index contributed by atoms with van der Waals surface area (Å²) in [6.45, 7) is 1.57. The third-order valence-corrected chi connectivity index (χ3v) is 5.44. The molecule has 0 radical (unpaired) electrons. The Kier molecular flexibility index (Phi) is 4.53. The van der Waals surface area contributed by atoms with Gasteiger partial charge in [-0.1, -0.05) is 0 Å². The largest absolute Gasteiger partial charge is 0.365 e. The number of nitrogens with two attached hydrogens (primary N) is 1. The number of hydrogen-bond donors (Lipinski definition) is 2. The Morgan fingerprint density at radius 1 is 1.44 bits per heavy atom. The van der Waals surface area contributed by atoms with Gasteiger partial charge in [0.25, 0.3) is 5.91 Å². The maximum absolute atomic E-state index is 12.5. The van der Waals surface area contributed by atoms with Gasteiger partial charge in [0.2, 0.25) is 5.91 Å². The van der Waals surface area contributed by atoms with Gasteiger partial charge in [-0.3, -0.25) is 24.4 Å². The second-order valence-corrected chi connectivity index (χ2v) is 6.99. The van der Waals surface area contributed by atoms with Crippen molar-refractivity contribution in [2.75, 3.05) is 5.32 Å². The minimum absolute atomic E-state index is 0.191. The van der Waals surface area contributed by atoms with Gasteiger partial charge in [-0.05, 0) is 38.2 Å². The van der Waals surface area contributed by atoms with E-state index in [0.717, 1.165) is 42.3 Å². The Morgan fingerprint density at radius 2 is 2.16 bits per heavy atom. The van der Waals surface area contributed by atoms with Crippen LogP contribution in [0, 0.1) is 10.1 Å². The summed E-state index contributed by atoms with van der Waals surface area (Å²) in [6.07, 6.45) is 5.97. The molecule has 10 heteroatoms. The van der Waals surface area contributed by atoms with Gasteiger partial charge in [-0.2, -0.15) is 5.10 Å². The second-order valence-electron chi connectivity index (χ2n) is 5.88. The lowest BCUT2D eigenvalue weighted by Gasteiger charge is -2.13. The van der Waals surface area contributed by atoms with Crippen LogP contribution < -0.4 is 11.1 Å². The zero-order valence-electron chi connectivity index (χ0n) is 13.5. The quantitative estimate of drug-likeness (QED) is 0.619. The smallest absolute Gasteiger partial charge is 0.307 e. The summed E-state index contributed by atoms with van der Waals surface area (Å²) in [6, 6.07) is -0.770. The van der Waals surface area contributed by atoms with Crippen LogP contribution in [0.1, 0.15) is 46.6 Å². The number of aryl methyl sites for hydroxylation is 1. The molecule has 0 saturated carbocycles. The number of amides is 2. The number of fused-ring (bicyclic) bond motifs is 1. The Hall–Kier alpha value is -2.75. The van der Waals surface area contributed by atoms with E-state index in [4.69, 9.17) is 5.73 Å². The monoisotopic (exact) mass is 363 g/mol. The molecule has 0 unspecified atom stereocenters. The minimum Gasteiger partial charge on any atom is -0.365 e. The van der Waals surface area contributed by atoms with Crippen LogP contribution in [0.3, 0.4) is 0 Å². The molecule has 0 saturated heterocycles. The first-order valence-electron chi connectivity index (χ1n) is 7.82. The highest BCUT2D eigenvalue weighted by Gasteiger charge is 2.27. The van der Waals surface area contributed by atoms with Crippen molar-refractivity contribution in [3.05, 3.63) is 38.5 Å². The van der Waals surface area contributed by atoms with Crippen molar-refractivity contribution >= 4 is 33.8 Å².